The van der Waals surface area contributed by atoms with Crippen LogP contribution in [0.15, 0.2) is 17.0 Å². The zero-order valence-electron chi connectivity index (χ0n) is 25.0. The third kappa shape index (κ3) is 6.06. The summed E-state index contributed by atoms with van der Waals surface area (Å²) in [7, 11) is -3.57. The van der Waals surface area contributed by atoms with Crippen molar-refractivity contribution in [1.82, 2.24) is 14.8 Å². The lowest BCUT2D eigenvalue weighted by atomic mass is 9.89. The van der Waals surface area contributed by atoms with E-state index >= 15 is 4.39 Å². The standard InChI is InChI=1S/C31H42FN5O5S/c1-31(2)15-25-29(43(40,41)18-31)22-16-42-17-26(22)37(25)21-13-23(32)28(30(33)39)24(14-21)34-19-5-7-20(8-6-19)35-27(38)9-12-36-10-3-4-11-36/h13-14,19-20,34H,3-12,15-18H2,1-2H3,(H2,33,39)(H,35,38). The molecule has 1 aromatic heterocycles. The lowest BCUT2D eigenvalue weighted by molar-refractivity contribution is -0.122. The molecular formula is C31H42FN5O5S. The summed E-state index contributed by atoms with van der Waals surface area (Å²) in [6.45, 7) is 7.18. The maximum Gasteiger partial charge on any atom is 0.253 e. The van der Waals surface area contributed by atoms with Gasteiger partial charge in [-0.1, -0.05) is 13.8 Å². The Balaban J connectivity index is 1.22. The minimum absolute atomic E-state index is 0.0345. The monoisotopic (exact) mass is 615 g/mol. The number of nitrogens with two attached hydrogens (primary N) is 1. The third-order valence-corrected chi connectivity index (χ3v) is 11.6. The molecule has 1 saturated heterocycles. The molecule has 2 amide bonds. The van der Waals surface area contributed by atoms with E-state index in [1.165, 1.54) is 18.9 Å². The fourth-order valence-electron chi connectivity index (χ4n) is 7.44. The van der Waals surface area contributed by atoms with E-state index in [1.54, 1.807) is 6.07 Å². The first kappa shape index (κ1) is 30.1. The number of nitrogens with one attached hydrogen (secondary N) is 2. The fourth-order valence-corrected chi connectivity index (χ4v) is 9.79. The number of nitrogens with zero attached hydrogens (tertiary/aromatic N) is 2. The Labute approximate surface area is 252 Å². The lowest BCUT2D eigenvalue weighted by Crippen LogP contribution is -2.41. The predicted octanol–water partition coefficient (Wildman–Crippen LogP) is 3.43. The number of amides is 2. The van der Waals surface area contributed by atoms with Gasteiger partial charge in [-0.05, 0) is 75.6 Å². The van der Waals surface area contributed by atoms with Gasteiger partial charge < -0.3 is 30.6 Å². The number of carbonyl (C=O) groups is 2. The molecule has 0 radical (unpaired) electrons. The van der Waals surface area contributed by atoms with Crippen molar-refractivity contribution in [3.05, 3.63) is 40.5 Å². The Morgan fingerprint density at radius 1 is 1.07 bits per heavy atom. The molecule has 4 heterocycles. The molecule has 4 aliphatic rings. The highest BCUT2D eigenvalue weighted by molar-refractivity contribution is 7.91. The molecule has 0 atom stereocenters. The molecule has 2 aromatic rings. The van der Waals surface area contributed by atoms with Crippen molar-refractivity contribution in [2.75, 3.05) is 30.7 Å². The van der Waals surface area contributed by atoms with Gasteiger partial charge in [0.1, 0.15) is 5.82 Å². The number of sulfone groups is 1. The first-order chi connectivity index (χ1) is 20.4. The summed E-state index contributed by atoms with van der Waals surface area (Å²) in [4.78, 5) is 27.5. The van der Waals surface area contributed by atoms with Crippen molar-refractivity contribution in [3.63, 3.8) is 0 Å². The summed E-state index contributed by atoms with van der Waals surface area (Å²) in [6.07, 6.45) is 6.41. The average Bonchev–Trinajstić information content (AvgIpc) is 3.65. The summed E-state index contributed by atoms with van der Waals surface area (Å²) >= 11 is 0. The second-order valence-electron chi connectivity index (χ2n) is 13.4. The summed E-state index contributed by atoms with van der Waals surface area (Å²) in [5, 5.41) is 6.54. The quantitative estimate of drug-likeness (QED) is 0.414. The molecule has 0 unspecified atom stereocenters. The highest BCUT2D eigenvalue weighted by Crippen LogP contribution is 2.44. The molecule has 3 aliphatic heterocycles. The number of anilines is 1. The molecule has 1 saturated carbocycles. The number of primary amides is 1. The molecule has 4 N–H and O–H groups in total. The highest BCUT2D eigenvalue weighted by atomic mass is 32.2. The van der Waals surface area contributed by atoms with Gasteiger partial charge >= 0.3 is 0 Å². The van der Waals surface area contributed by atoms with Crippen LogP contribution in [0.4, 0.5) is 10.1 Å². The van der Waals surface area contributed by atoms with Crippen LogP contribution < -0.4 is 16.4 Å². The second kappa shape index (κ2) is 11.5. The van der Waals surface area contributed by atoms with Crippen molar-refractivity contribution in [1.29, 1.82) is 0 Å². The first-order valence-electron chi connectivity index (χ1n) is 15.4. The molecule has 12 heteroatoms. The van der Waals surface area contributed by atoms with E-state index in [9.17, 15) is 18.0 Å². The number of hydrogen-bond donors (Lipinski definition) is 3. The number of hydrogen-bond acceptors (Lipinski definition) is 7. The lowest BCUT2D eigenvalue weighted by Gasteiger charge is -2.32. The van der Waals surface area contributed by atoms with Crippen LogP contribution in [0.3, 0.4) is 0 Å². The summed E-state index contributed by atoms with van der Waals surface area (Å²) in [6, 6.07) is 3.00. The van der Waals surface area contributed by atoms with Gasteiger partial charge in [-0.3, -0.25) is 9.59 Å². The van der Waals surface area contributed by atoms with Crippen molar-refractivity contribution in [3.8, 4) is 5.69 Å². The first-order valence-corrected chi connectivity index (χ1v) is 17.0. The van der Waals surface area contributed by atoms with E-state index < -0.39 is 27.0 Å². The summed E-state index contributed by atoms with van der Waals surface area (Å²) in [5.41, 5.74) is 7.60. The number of benzene rings is 1. The number of ether oxygens (including phenoxy) is 1. The summed E-state index contributed by atoms with van der Waals surface area (Å²) in [5.74, 6) is -1.53. The van der Waals surface area contributed by atoms with E-state index in [-0.39, 0.29) is 48.2 Å². The molecule has 43 heavy (non-hydrogen) atoms. The van der Waals surface area contributed by atoms with E-state index in [2.05, 4.69) is 15.5 Å². The Hall–Kier alpha value is -2.96. The van der Waals surface area contributed by atoms with Crippen molar-refractivity contribution < 1.29 is 27.1 Å². The van der Waals surface area contributed by atoms with Crippen LogP contribution in [0, 0.1) is 11.2 Å². The molecule has 1 aliphatic carbocycles. The van der Waals surface area contributed by atoms with E-state index in [1.807, 2.05) is 18.4 Å². The Morgan fingerprint density at radius 2 is 1.77 bits per heavy atom. The van der Waals surface area contributed by atoms with Crippen LogP contribution in [0.1, 0.15) is 86.1 Å². The maximum absolute atomic E-state index is 15.6. The predicted molar refractivity (Wildman–Crippen MR) is 160 cm³/mol. The molecule has 234 valence electrons. The van der Waals surface area contributed by atoms with Crippen LogP contribution in [-0.2, 0) is 39.0 Å². The van der Waals surface area contributed by atoms with Gasteiger partial charge in [0.25, 0.3) is 5.91 Å². The van der Waals surface area contributed by atoms with Gasteiger partial charge in [-0.15, -0.1) is 0 Å². The van der Waals surface area contributed by atoms with Crippen molar-refractivity contribution >= 4 is 27.3 Å². The Bertz CT molecular complexity index is 1540. The number of likely N-dealkylation sites (tertiary alicyclic amines) is 1. The molecule has 0 spiro atoms. The fraction of sp³-hybridized carbons (Fsp3) is 0.613. The molecule has 1 aromatic carbocycles. The highest BCUT2D eigenvalue weighted by Gasteiger charge is 2.43. The van der Waals surface area contributed by atoms with Gasteiger partial charge in [0, 0.05) is 36.3 Å². The number of halogens is 1. The molecule has 0 bridgehead atoms. The van der Waals surface area contributed by atoms with Crippen molar-refractivity contribution in [2.24, 2.45) is 11.1 Å². The third-order valence-electron chi connectivity index (χ3n) is 9.33. The molecule has 10 nitrogen and oxygen atoms in total. The topological polar surface area (TPSA) is 136 Å². The van der Waals surface area contributed by atoms with Gasteiger partial charge in [-0.2, -0.15) is 0 Å². The normalized spacial score (nSPS) is 24.3. The van der Waals surface area contributed by atoms with Crippen LogP contribution >= 0.6 is 0 Å². The zero-order chi connectivity index (χ0) is 30.5. The van der Waals surface area contributed by atoms with Gasteiger partial charge in [0.05, 0.1) is 46.5 Å². The van der Waals surface area contributed by atoms with Crippen LogP contribution in [0.2, 0.25) is 0 Å². The van der Waals surface area contributed by atoms with E-state index in [0.29, 0.717) is 40.4 Å². The molecule has 6 rings (SSSR count). The second-order valence-corrected chi connectivity index (χ2v) is 15.3. The van der Waals surface area contributed by atoms with Gasteiger partial charge in [0.15, 0.2) is 9.84 Å². The zero-order valence-corrected chi connectivity index (χ0v) is 25.8. The number of carbonyl (C=O) groups excluding carboxylic acids is 2. The number of rotatable bonds is 8. The van der Waals surface area contributed by atoms with Crippen LogP contribution in [0.25, 0.3) is 5.69 Å². The minimum Gasteiger partial charge on any atom is -0.382 e. The van der Waals surface area contributed by atoms with Gasteiger partial charge in [-0.25, -0.2) is 12.8 Å². The van der Waals surface area contributed by atoms with Crippen molar-refractivity contribution in [2.45, 2.75) is 95.4 Å². The van der Waals surface area contributed by atoms with Gasteiger partial charge in [0.2, 0.25) is 5.91 Å². The largest absolute Gasteiger partial charge is 0.382 e. The average molecular weight is 616 g/mol. The smallest absolute Gasteiger partial charge is 0.253 e. The van der Waals surface area contributed by atoms with Crippen LogP contribution in [-0.4, -0.2) is 67.2 Å². The van der Waals surface area contributed by atoms with E-state index in [4.69, 9.17) is 10.5 Å². The number of aromatic nitrogens is 1. The maximum atomic E-state index is 15.6. The van der Waals surface area contributed by atoms with Crippen LogP contribution in [0.5, 0.6) is 0 Å². The number of fused-ring (bicyclic) bond motifs is 3. The SMILES string of the molecule is CC1(C)Cc2c(c3c(n2-c2cc(F)c(C(N)=O)c(NC4CCC(NC(=O)CCN5CCCC5)CC4)c2)COC3)S(=O)(=O)C1. The molecular weight excluding hydrogens is 573 g/mol. The Kier molecular flexibility index (Phi) is 8.06. The Morgan fingerprint density at radius 3 is 2.47 bits per heavy atom. The van der Waals surface area contributed by atoms with E-state index in [0.717, 1.165) is 45.3 Å². The minimum atomic E-state index is -3.57. The molecule has 2 fully saturated rings. The summed E-state index contributed by atoms with van der Waals surface area (Å²) < 4.78 is 49.8.